The second kappa shape index (κ2) is 4.94. The SMILES string of the molecule is [Cs+].[O-]C(C(F)(F)F)(C(F)(F)F)C(F)(F)F. The van der Waals surface area contributed by atoms with Gasteiger partial charge in [0.25, 0.3) is 0 Å². The van der Waals surface area contributed by atoms with E-state index in [1.807, 2.05) is 0 Å². The van der Waals surface area contributed by atoms with Crippen LogP contribution in [0.4, 0.5) is 39.5 Å². The van der Waals surface area contributed by atoms with E-state index in [2.05, 4.69) is 0 Å². The molecule has 1 nitrogen and oxygen atoms in total. The first-order valence-corrected chi connectivity index (χ1v) is 2.65. The number of hydrogen-bond donors (Lipinski definition) is 0. The summed E-state index contributed by atoms with van der Waals surface area (Å²) < 4.78 is 102. The van der Waals surface area contributed by atoms with Gasteiger partial charge in [-0.15, -0.1) is 0 Å². The molecule has 0 aliphatic rings. The van der Waals surface area contributed by atoms with Crippen LogP contribution < -0.4 is 74.0 Å². The van der Waals surface area contributed by atoms with Gasteiger partial charge in [-0.05, 0) is 0 Å². The summed E-state index contributed by atoms with van der Waals surface area (Å²) in [6, 6.07) is 0. The smallest absolute Gasteiger partial charge is 0.830 e. The molecule has 0 fully saturated rings. The van der Waals surface area contributed by atoms with Crippen LogP contribution in [0, 0.1) is 0 Å². The Balaban J connectivity index is 0. The molecule has 0 heterocycles. The number of rotatable bonds is 0. The topological polar surface area (TPSA) is 23.1 Å². The molecule has 86 valence electrons. The van der Waals surface area contributed by atoms with Gasteiger partial charge in [-0.25, -0.2) is 0 Å². The van der Waals surface area contributed by atoms with Crippen LogP contribution in [0.25, 0.3) is 0 Å². The molecule has 0 saturated heterocycles. The maximum atomic E-state index is 11.3. The first-order valence-electron chi connectivity index (χ1n) is 2.65. The Hall–Kier alpha value is 1.38. The van der Waals surface area contributed by atoms with Crippen molar-refractivity contribution in [1.29, 1.82) is 0 Å². The number of halogens is 9. The zero-order valence-corrected chi connectivity index (χ0v) is 13.1. The first-order chi connectivity index (χ1) is 5.75. The fourth-order valence-corrected chi connectivity index (χ4v) is 0.482. The van der Waals surface area contributed by atoms with Gasteiger partial charge in [0.05, 0.1) is 0 Å². The average molecular weight is 368 g/mol. The molecule has 0 bridgehead atoms. The maximum Gasteiger partial charge on any atom is 1.00 e. The first kappa shape index (κ1) is 18.7. The quantitative estimate of drug-likeness (QED) is 0.492. The molecule has 0 spiro atoms. The summed E-state index contributed by atoms with van der Waals surface area (Å²) in [6.45, 7) is 0. The zero-order valence-electron chi connectivity index (χ0n) is 6.81. The Morgan fingerprint density at radius 1 is 0.533 bits per heavy atom. The summed E-state index contributed by atoms with van der Waals surface area (Å²) >= 11 is 0. The Morgan fingerprint density at radius 3 is 0.667 bits per heavy atom. The molecule has 0 rings (SSSR count). The standard InChI is InChI=1S/C4F9O.Cs/c5-2(6,7)1(14,3(8,9)10)4(11,12)13;/q-1;+1. The van der Waals surface area contributed by atoms with Crippen LogP contribution in [0.1, 0.15) is 0 Å². The van der Waals surface area contributed by atoms with Gasteiger partial charge in [-0.2, -0.15) is 39.5 Å². The summed E-state index contributed by atoms with van der Waals surface area (Å²) in [5.41, 5.74) is -6.94. The summed E-state index contributed by atoms with van der Waals surface area (Å²) in [6.07, 6.45) is -20.9. The van der Waals surface area contributed by atoms with E-state index in [-0.39, 0.29) is 68.9 Å². The molecule has 0 aromatic rings. The van der Waals surface area contributed by atoms with Crippen molar-refractivity contribution in [3.8, 4) is 0 Å². The van der Waals surface area contributed by atoms with Gasteiger partial charge >= 0.3 is 87.4 Å². The van der Waals surface area contributed by atoms with Crippen LogP contribution in [0.2, 0.25) is 0 Å². The fourth-order valence-electron chi connectivity index (χ4n) is 0.482. The van der Waals surface area contributed by atoms with Crippen molar-refractivity contribution in [1.82, 2.24) is 0 Å². The van der Waals surface area contributed by atoms with Crippen LogP contribution in [0.3, 0.4) is 0 Å². The van der Waals surface area contributed by atoms with Crippen molar-refractivity contribution < 1.29 is 114 Å². The molecular weight excluding hydrogens is 368 g/mol. The molecule has 0 aliphatic heterocycles. The van der Waals surface area contributed by atoms with Crippen molar-refractivity contribution in [2.24, 2.45) is 0 Å². The molecule has 0 aromatic heterocycles. The van der Waals surface area contributed by atoms with E-state index >= 15 is 0 Å². The average Bonchev–Trinajstić information content (AvgIpc) is 1.77. The Morgan fingerprint density at radius 2 is 0.667 bits per heavy atom. The summed E-state index contributed by atoms with van der Waals surface area (Å²) in [4.78, 5) is 0. The molecule has 0 radical (unpaired) electrons. The Kier molecular flexibility index (Phi) is 6.17. The van der Waals surface area contributed by atoms with Gasteiger partial charge in [-0.3, -0.25) is 0 Å². The third-order valence-corrected chi connectivity index (χ3v) is 1.20. The Bertz CT molecular complexity index is 176. The Labute approximate surface area is 135 Å². The molecule has 11 heteroatoms. The molecule has 0 atom stereocenters. The van der Waals surface area contributed by atoms with Gasteiger partial charge in [0, 0.05) is 0 Å². The third kappa shape index (κ3) is 3.42. The fraction of sp³-hybridized carbons (Fsp3) is 1.00. The zero-order chi connectivity index (χ0) is 12.0. The molecule has 0 aromatic carbocycles. The maximum absolute atomic E-state index is 11.3. The van der Waals surface area contributed by atoms with Crippen molar-refractivity contribution in [2.75, 3.05) is 0 Å². The van der Waals surface area contributed by atoms with Crippen molar-refractivity contribution >= 4 is 0 Å². The molecular formula is C4CsF9O. The van der Waals surface area contributed by atoms with Gasteiger partial charge in [0.15, 0.2) is 5.60 Å². The van der Waals surface area contributed by atoms with E-state index in [0.717, 1.165) is 0 Å². The van der Waals surface area contributed by atoms with Crippen LogP contribution in [-0.2, 0) is 0 Å². The van der Waals surface area contributed by atoms with Crippen LogP contribution in [-0.4, -0.2) is 24.1 Å². The predicted molar refractivity (Wildman–Crippen MR) is 20.9 cm³/mol. The van der Waals surface area contributed by atoms with Gasteiger partial charge in [0.2, 0.25) is 0 Å². The van der Waals surface area contributed by atoms with E-state index in [9.17, 15) is 44.6 Å². The second-order valence-electron chi connectivity index (χ2n) is 2.17. The van der Waals surface area contributed by atoms with Gasteiger partial charge < -0.3 is 5.11 Å². The van der Waals surface area contributed by atoms with E-state index in [0.29, 0.717) is 0 Å². The molecule has 0 saturated carbocycles. The predicted octanol–water partition coefficient (Wildman–Crippen LogP) is -1.22. The monoisotopic (exact) mass is 368 g/mol. The van der Waals surface area contributed by atoms with Crippen LogP contribution >= 0.6 is 0 Å². The van der Waals surface area contributed by atoms with Crippen molar-refractivity contribution in [2.45, 2.75) is 24.1 Å². The van der Waals surface area contributed by atoms with Crippen LogP contribution in [0.5, 0.6) is 0 Å². The van der Waals surface area contributed by atoms with Crippen molar-refractivity contribution in [3.63, 3.8) is 0 Å². The van der Waals surface area contributed by atoms with Gasteiger partial charge in [-0.1, -0.05) is 0 Å². The number of hydrogen-bond acceptors (Lipinski definition) is 1. The second-order valence-corrected chi connectivity index (χ2v) is 2.17. The number of alkyl halides is 9. The molecule has 15 heavy (non-hydrogen) atoms. The third-order valence-electron chi connectivity index (χ3n) is 1.20. The summed E-state index contributed by atoms with van der Waals surface area (Å²) in [5.74, 6) is 0. The minimum atomic E-state index is -6.98. The van der Waals surface area contributed by atoms with E-state index < -0.39 is 24.1 Å². The molecule has 0 unspecified atom stereocenters. The normalized spacial score (nSPS) is 14.8. The van der Waals surface area contributed by atoms with E-state index in [1.165, 1.54) is 0 Å². The largest absolute Gasteiger partial charge is 1.00 e. The van der Waals surface area contributed by atoms with E-state index in [1.54, 1.807) is 0 Å². The van der Waals surface area contributed by atoms with Crippen LogP contribution in [0.15, 0.2) is 0 Å². The van der Waals surface area contributed by atoms with Gasteiger partial charge in [0.1, 0.15) is 0 Å². The molecule has 0 amide bonds. The molecule has 0 N–H and O–H groups in total. The summed E-state index contributed by atoms with van der Waals surface area (Å²) in [7, 11) is 0. The molecule has 0 aliphatic carbocycles. The van der Waals surface area contributed by atoms with Crippen molar-refractivity contribution in [3.05, 3.63) is 0 Å². The minimum absolute atomic E-state index is 0. The summed E-state index contributed by atoms with van der Waals surface area (Å²) in [5, 5.41) is 9.79. The minimum Gasteiger partial charge on any atom is -0.830 e. The van der Waals surface area contributed by atoms with E-state index in [4.69, 9.17) is 0 Å².